The van der Waals surface area contributed by atoms with Crippen LogP contribution < -0.4 is 0 Å². The Labute approximate surface area is 148 Å². The van der Waals surface area contributed by atoms with Crippen LogP contribution in [0.3, 0.4) is 0 Å². The minimum Gasteiger partial charge on any atom is -0.347 e. The average molecular weight is 346 g/mol. The number of hydrogen-bond acceptors (Lipinski definition) is 4. The topological polar surface area (TPSA) is 59.1 Å². The molecule has 0 radical (unpaired) electrons. The van der Waals surface area contributed by atoms with E-state index in [0.29, 0.717) is 45.7 Å². The van der Waals surface area contributed by atoms with Gasteiger partial charge in [0, 0.05) is 38.5 Å². The summed E-state index contributed by atoms with van der Waals surface area (Å²) in [4.78, 5) is 28.7. The van der Waals surface area contributed by atoms with Gasteiger partial charge < -0.3 is 19.3 Å². The highest BCUT2D eigenvalue weighted by molar-refractivity contribution is 6.34. The number of benzene rings is 1. The second-order valence-corrected chi connectivity index (χ2v) is 6.91. The average Bonchev–Trinajstić information content (AvgIpc) is 3.08. The quantitative estimate of drug-likeness (QED) is 0.783. The highest BCUT2D eigenvalue weighted by atomic mass is 16.7. The van der Waals surface area contributed by atoms with E-state index in [0.717, 1.165) is 5.56 Å². The molecule has 2 aliphatic heterocycles. The van der Waals surface area contributed by atoms with Gasteiger partial charge in [0.2, 0.25) is 0 Å². The Bertz CT molecular complexity index is 601. The first-order valence-electron chi connectivity index (χ1n) is 8.92. The van der Waals surface area contributed by atoms with Gasteiger partial charge in [-0.3, -0.25) is 9.59 Å². The first kappa shape index (κ1) is 17.9. The van der Waals surface area contributed by atoms with Crippen molar-refractivity contribution in [3.8, 4) is 0 Å². The molecule has 0 aromatic heterocycles. The van der Waals surface area contributed by atoms with Crippen molar-refractivity contribution in [3.05, 3.63) is 35.9 Å². The molecule has 1 aromatic carbocycles. The SMILES string of the molecule is CC(C)N(Cc1ccccc1)C(=O)C(=O)N1CCC2(CC1)OCCO2. The molecule has 2 saturated heterocycles. The molecule has 0 bridgehead atoms. The normalized spacial score (nSPS) is 19.4. The first-order valence-corrected chi connectivity index (χ1v) is 8.92. The molecule has 3 rings (SSSR count). The zero-order chi connectivity index (χ0) is 17.9. The van der Waals surface area contributed by atoms with E-state index in [1.807, 2.05) is 44.2 Å². The Morgan fingerprint density at radius 2 is 1.72 bits per heavy atom. The molecule has 0 atom stereocenters. The van der Waals surface area contributed by atoms with Crippen molar-refractivity contribution in [2.45, 2.75) is 45.1 Å². The van der Waals surface area contributed by atoms with E-state index in [4.69, 9.17) is 9.47 Å². The molecule has 6 nitrogen and oxygen atoms in total. The Morgan fingerprint density at radius 1 is 1.12 bits per heavy atom. The number of rotatable bonds is 3. The molecule has 1 aromatic rings. The van der Waals surface area contributed by atoms with E-state index < -0.39 is 17.6 Å². The molecular formula is C19H26N2O4. The van der Waals surface area contributed by atoms with E-state index in [9.17, 15) is 9.59 Å². The first-order chi connectivity index (χ1) is 12.0. The van der Waals surface area contributed by atoms with Crippen molar-refractivity contribution >= 4 is 11.8 Å². The summed E-state index contributed by atoms with van der Waals surface area (Å²) in [5.41, 5.74) is 1.02. The maximum absolute atomic E-state index is 12.8. The number of nitrogens with zero attached hydrogens (tertiary/aromatic N) is 2. The lowest BCUT2D eigenvalue weighted by atomic mass is 10.0. The van der Waals surface area contributed by atoms with Crippen LogP contribution in [-0.2, 0) is 25.6 Å². The van der Waals surface area contributed by atoms with E-state index in [1.165, 1.54) is 0 Å². The van der Waals surface area contributed by atoms with Crippen LogP contribution in [0.15, 0.2) is 30.3 Å². The van der Waals surface area contributed by atoms with Crippen molar-refractivity contribution in [1.29, 1.82) is 0 Å². The van der Waals surface area contributed by atoms with Crippen LogP contribution in [0.1, 0.15) is 32.3 Å². The lowest BCUT2D eigenvalue weighted by Gasteiger charge is -2.38. The zero-order valence-electron chi connectivity index (χ0n) is 14.9. The summed E-state index contributed by atoms with van der Waals surface area (Å²) >= 11 is 0. The Balaban J connectivity index is 1.62. The third kappa shape index (κ3) is 4.02. The minimum absolute atomic E-state index is 0.0470. The van der Waals surface area contributed by atoms with Crippen LogP contribution >= 0.6 is 0 Å². The van der Waals surface area contributed by atoms with Gasteiger partial charge in [0.25, 0.3) is 0 Å². The number of ether oxygens (including phenoxy) is 2. The highest BCUT2D eigenvalue weighted by Crippen LogP contribution is 2.31. The molecule has 0 N–H and O–H groups in total. The molecule has 1 spiro atoms. The van der Waals surface area contributed by atoms with Gasteiger partial charge >= 0.3 is 11.8 Å². The van der Waals surface area contributed by atoms with Crippen LogP contribution in [0, 0.1) is 0 Å². The second-order valence-electron chi connectivity index (χ2n) is 6.91. The monoisotopic (exact) mass is 346 g/mol. The van der Waals surface area contributed by atoms with Gasteiger partial charge in [-0.1, -0.05) is 30.3 Å². The Kier molecular flexibility index (Phi) is 5.39. The summed E-state index contributed by atoms with van der Waals surface area (Å²) in [5, 5.41) is 0. The van der Waals surface area contributed by atoms with Crippen LogP contribution in [-0.4, -0.2) is 59.7 Å². The maximum Gasteiger partial charge on any atom is 0.312 e. The van der Waals surface area contributed by atoms with Gasteiger partial charge in [-0.05, 0) is 19.4 Å². The van der Waals surface area contributed by atoms with Gasteiger partial charge in [-0.25, -0.2) is 0 Å². The summed E-state index contributed by atoms with van der Waals surface area (Å²) in [7, 11) is 0. The van der Waals surface area contributed by atoms with Crippen LogP contribution in [0.2, 0.25) is 0 Å². The minimum atomic E-state index is -0.540. The number of amides is 2. The van der Waals surface area contributed by atoms with E-state index >= 15 is 0 Å². The van der Waals surface area contributed by atoms with Crippen molar-refractivity contribution in [2.24, 2.45) is 0 Å². The van der Waals surface area contributed by atoms with Gasteiger partial charge in [0.1, 0.15) is 0 Å². The van der Waals surface area contributed by atoms with E-state index in [2.05, 4.69) is 0 Å². The van der Waals surface area contributed by atoms with Gasteiger partial charge in [-0.15, -0.1) is 0 Å². The second kappa shape index (κ2) is 7.54. The molecule has 25 heavy (non-hydrogen) atoms. The fourth-order valence-electron chi connectivity index (χ4n) is 3.36. The lowest BCUT2D eigenvalue weighted by Crippen LogP contribution is -2.52. The number of carbonyl (C=O) groups is 2. The van der Waals surface area contributed by atoms with Crippen molar-refractivity contribution in [3.63, 3.8) is 0 Å². The molecule has 0 aliphatic carbocycles. The highest BCUT2D eigenvalue weighted by Gasteiger charge is 2.42. The third-order valence-corrected chi connectivity index (χ3v) is 4.89. The van der Waals surface area contributed by atoms with E-state index in [1.54, 1.807) is 9.80 Å². The van der Waals surface area contributed by atoms with Crippen LogP contribution in [0.25, 0.3) is 0 Å². The molecule has 6 heteroatoms. The standard InChI is InChI=1S/C19H26N2O4/c1-15(2)21(14-16-6-4-3-5-7-16)18(23)17(22)20-10-8-19(9-11-20)24-12-13-25-19/h3-7,15H,8-14H2,1-2H3. The number of likely N-dealkylation sites (tertiary alicyclic amines) is 1. The fraction of sp³-hybridized carbons (Fsp3) is 0.579. The molecule has 0 unspecified atom stereocenters. The predicted molar refractivity (Wildman–Crippen MR) is 92.6 cm³/mol. The third-order valence-electron chi connectivity index (χ3n) is 4.89. The summed E-state index contributed by atoms with van der Waals surface area (Å²) in [6.45, 7) is 6.48. The summed E-state index contributed by atoms with van der Waals surface area (Å²) < 4.78 is 11.4. The predicted octanol–water partition coefficient (Wildman–Crippen LogP) is 1.79. The van der Waals surface area contributed by atoms with Gasteiger partial charge in [-0.2, -0.15) is 0 Å². The molecule has 2 heterocycles. The Morgan fingerprint density at radius 3 is 2.28 bits per heavy atom. The number of hydrogen-bond donors (Lipinski definition) is 0. The zero-order valence-corrected chi connectivity index (χ0v) is 14.9. The molecule has 0 saturated carbocycles. The van der Waals surface area contributed by atoms with Crippen LogP contribution in [0.5, 0.6) is 0 Å². The summed E-state index contributed by atoms with van der Waals surface area (Å²) in [6.07, 6.45) is 1.23. The van der Waals surface area contributed by atoms with Crippen molar-refractivity contribution < 1.29 is 19.1 Å². The van der Waals surface area contributed by atoms with Gasteiger partial charge in [0.15, 0.2) is 5.79 Å². The van der Waals surface area contributed by atoms with Crippen molar-refractivity contribution in [1.82, 2.24) is 9.80 Å². The van der Waals surface area contributed by atoms with Crippen LogP contribution in [0.4, 0.5) is 0 Å². The smallest absolute Gasteiger partial charge is 0.312 e. The Hall–Kier alpha value is -1.92. The lowest BCUT2D eigenvalue weighted by molar-refractivity contribution is -0.189. The maximum atomic E-state index is 12.8. The number of piperidine rings is 1. The fourth-order valence-corrected chi connectivity index (χ4v) is 3.36. The molecule has 2 aliphatic rings. The molecule has 2 amide bonds. The van der Waals surface area contributed by atoms with Crippen molar-refractivity contribution in [2.75, 3.05) is 26.3 Å². The number of carbonyl (C=O) groups excluding carboxylic acids is 2. The largest absolute Gasteiger partial charge is 0.347 e. The molecular weight excluding hydrogens is 320 g/mol. The van der Waals surface area contributed by atoms with Gasteiger partial charge in [0.05, 0.1) is 13.2 Å². The summed E-state index contributed by atoms with van der Waals surface area (Å²) in [6, 6.07) is 9.69. The summed E-state index contributed by atoms with van der Waals surface area (Å²) in [5.74, 6) is -1.41. The molecule has 136 valence electrons. The molecule has 2 fully saturated rings. The van der Waals surface area contributed by atoms with E-state index in [-0.39, 0.29) is 6.04 Å².